The van der Waals surface area contributed by atoms with Crippen LogP contribution in [0.1, 0.15) is 45.6 Å². The number of rotatable bonds is 8. The van der Waals surface area contributed by atoms with E-state index in [-0.39, 0.29) is 37.5 Å². The van der Waals surface area contributed by atoms with Crippen LogP contribution in [0.3, 0.4) is 0 Å². The Labute approximate surface area is 194 Å². The molecule has 2 saturated heterocycles. The molecule has 4 atom stereocenters. The first-order valence-corrected chi connectivity index (χ1v) is 11.3. The molecule has 2 N–H and O–H groups in total. The van der Waals surface area contributed by atoms with Gasteiger partial charge in [-0.1, -0.05) is 30.3 Å². The van der Waals surface area contributed by atoms with Gasteiger partial charge in [0.05, 0.1) is 24.3 Å². The van der Waals surface area contributed by atoms with Crippen molar-refractivity contribution in [1.82, 2.24) is 15.5 Å². The number of benzene rings is 1. The monoisotopic (exact) mass is 459 g/mol. The molecule has 9 nitrogen and oxygen atoms in total. The highest BCUT2D eigenvalue weighted by molar-refractivity contribution is 5.88. The molecule has 0 radical (unpaired) electrons. The second kappa shape index (κ2) is 10.8. The molecule has 0 saturated carbocycles. The third-order valence-electron chi connectivity index (χ3n) is 5.72. The van der Waals surface area contributed by atoms with E-state index in [1.165, 1.54) is 4.90 Å². The van der Waals surface area contributed by atoms with Crippen LogP contribution >= 0.6 is 0 Å². The molecular weight excluding hydrogens is 426 g/mol. The Morgan fingerprint density at radius 1 is 1.27 bits per heavy atom. The van der Waals surface area contributed by atoms with Crippen molar-refractivity contribution >= 4 is 24.2 Å². The molecule has 2 fully saturated rings. The molecule has 0 aliphatic carbocycles. The van der Waals surface area contributed by atoms with E-state index in [0.717, 1.165) is 5.56 Å². The zero-order valence-corrected chi connectivity index (χ0v) is 19.4. The lowest BCUT2D eigenvalue weighted by Gasteiger charge is -2.25. The fourth-order valence-electron chi connectivity index (χ4n) is 4.24. The SMILES string of the molecule is CC(C)(C)O[C@@H]1C[C@@H](C(=O)N[C@H](C=O)C[C@@H]2CCNC2=O)N(C(=O)OCc2ccccc2)C1. The maximum atomic E-state index is 13.1. The van der Waals surface area contributed by atoms with Gasteiger partial charge in [0.15, 0.2) is 0 Å². The van der Waals surface area contributed by atoms with Crippen LogP contribution in [0.4, 0.5) is 4.79 Å². The van der Waals surface area contributed by atoms with Crippen molar-refractivity contribution in [3.8, 4) is 0 Å². The minimum Gasteiger partial charge on any atom is -0.445 e. The van der Waals surface area contributed by atoms with Crippen LogP contribution in [0, 0.1) is 5.92 Å². The zero-order chi connectivity index (χ0) is 24.0. The number of nitrogens with zero attached hydrogens (tertiary/aromatic N) is 1. The van der Waals surface area contributed by atoms with Gasteiger partial charge in [-0.25, -0.2) is 4.79 Å². The molecule has 1 aromatic rings. The first-order chi connectivity index (χ1) is 15.7. The Balaban J connectivity index is 1.66. The van der Waals surface area contributed by atoms with Crippen molar-refractivity contribution in [3.63, 3.8) is 0 Å². The van der Waals surface area contributed by atoms with Gasteiger partial charge in [-0.2, -0.15) is 0 Å². The lowest BCUT2D eigenvalue weighted by molar-refractivity contribution is -0.129. The first kappa shape index (κ1) is 24.7. The van der Waals surface area contributed by atoms with Crippen molar-refractivity contribution in [3.05, 3.63) is 35.9 Å². The van der Waals surface area contributed by atoms with Crippen LogP contribution in [0.25, 0.3) is 0 Å². The van der Waals surface area contributed by atoms with E-state index in [1.54, 1.807) is 0 Å². The second-order valence-corrected chi connectivity index (χ2v) is 9.56. The highest BCUT2D eigenvalue weighted by atomic mass is 16.6. The van der Waals surface area contributed by atoms with Crippen LogP contribution in [0.2, 0.25) is 0 Å². The van der Waals surface area contributed by atoms with E-state index in [4.69, 9.17) is 9.47 Å². The van der Waals surface area contributed by atoms with Gasteiger partial charge in [-0.3, -0.25) is 14.5 Å². The van der Waals surface area contributed by atoms with Gasteiger partial charge < -0.3 is 24.9 Å². The zero-order valence-electron chi connectivity index (χ0n) is 19.4. The van der Waals surface area contributed by atoms with Crippen LogP contribution in [-0.2, 0) is 30.5 Å². The lowest BCUT2D eigenvalue weighted by Crippen LogP contribution is -2.50. The van der Waals surface area contributed by atoms with E-state index < -0.39 is 29.7 Å². The minimum absolute atomic E-state index is 0.0864. The number of hydrogen-bond donors (Lipinski definition) is 2. The van der Waals surface area contributed by atoms with Crippen LogP contribution in [-0.4, -0.2) is 66.0 Å². The Morgan fingerprint density at radius 2 is 2.00 bits per heavy atom. The average Bonchev–Trinajstić information content (AvgIpc) is 3.37. The molecule has 33 heavy (non-hydrogen) atoms. The van der Waals surface area contributed by atoms with E-state index in [0.29, 0.717) is 25.7 Å². The number of amides is 3. The number of carbonyl (C=O) groups excluding carboxylic acids is 4. The molecule has 180 valence electrons. The normalized spacial score (nSPS) is 23.7. The van der Waals surface area contributed by atoms with Gasteiger partial charge in [-0.05, 0) is 39.2 Å². The van der Waals surface area contributed by atoms with E-state index in [2.05, 4.69) is 10.6 Å². The molecular formula is C24H33N3O6. The standard InChI is InChI=1S/C24H33N3O6/c1-24(2,3)33-19-12-20(22(30)26-18(14-28)11-17-9-10-25-21(17)29)27(13-19)23(31)32-15-16-7-5-4-6-8-16/h4-8,14,17-20H,9-13,15H2,1-3H3,(H,25,29)(H,26,30)/t17-,18-,19+,20-/m0/s1. The molecule has 0 unspecified atom stereocenters. The third-order valence-corrected chi connectivity index (χ3v) is 5.72. The third kappa shape index (κ3) is 7.02. The number of likely N-dealkylation sites (tertiary alicyclic amines) is 1. The van der Waals surface area contributed by atoms with Gasteiger partial charge in [0.25, 0.3) is 0 Å². The Kier molecular flexibility index (Phi) is 8.07. The van der Waals surface area contributed by atoms with Crippen LogP contribution in [0.15, 0.2) is 30.3 Å². The summed E-state index contributed by atoms with van der Waals surface area (Å²) < 4.78 is 11.5. The number of ether oxygens (including phenoxy) is 2. The van der Waals surface area contributed by atoms with Crippen molar-refractivity contribution in [2.24, 2.45) is 5.92 Å². The van der Waals surface area contributed by atoms with E-state index in [9.17, 15) is 19.2 Å². The summed E-state index contributed by atoms with van der Waals surface area (Å²) >= 11 is 0. The predicted octanol–water partition coefficient (Wildman–Crippen LogP) is 1.79. The number of nitrogens with one attached hydrogen (secondary N) is 2. The maximum absolute atomic E-state index is 13.1. The Morgan fingerprint density at radius 3 is 2.61 bits per heavy atom. The fraction of sp³-hybridized carbons (Fsp3) is 0.583. The smallest absolute Gasteiger partial charge is 0.410 e. The van der Waals surface area contributed by atoms with Gasteiger partial charge in [-0.15, -0.1) is 0 Å². The van der Waals surface area contributed by atoms with Crippen molar-refractivity contribution in [1.29, 1.82) is 0 Å². The van der Waals surface area contributed by atoms with Crippen LogP contribution in [0.5, 0.6) is 0 Å². The minimum atomic E-state index is -0.833. The topological polar surface area (TPSA) is 114 Å². The van der Waals surface area contributed by atoms with Crippen molar-refractivity contribution < 1.29 is 28.7 Å². The highest BCUT2D eigenvalue weighted by Crippen LogP contribution is 2.26. The van der Waals surface area contributed by atoms with Crippen molar-refractivity contribution in [2.75, 3.05) is 13.1 Å². The molecule has 2 heterocycles. The summed E-state index contributed by atoms with van der Waals surface area (Å²) in [6, 6.07) is 7.64. The summed E-state index contributed by atoms with van der Waals surface area (Å²) in [6.45, 7) is 6.59. The summed E-state index contributed by atoms with van der Waals surface area (Å²) in [5.41, 5.74) is 0.390. The van der Waals surface area contributed by atoms with Gasteiger partial charge >= 0.3 is 6.09 Å². The Hall–Kier alpha value is -2.94. The molecule has 1 aromatic carbocycles. The number of aldehydes is 1. The molecule has 9 heteroatoms. The summed E-state index contributed by atoms with van der Waals surface area (Å²) in [4.78, 5) is 50.8. The quantitative estimate of drug-likeness (QED) is 0.573. The average molecular weight is 460 g/mol. The highest BCUT2D eigenvalue weighted by Gasteiger charge is 2.43. The summed E-state index contributed by atoms with van der Waals surface area (Å²) in [7, 11) is 0. The lowest BCUT2D eigenvalue weighted by atomic mass is 9.99. The largest absolute Gasteiger partial charge is 0.445 e. The molecule has 2 aliphatic heterocycles. The summed E-state index contributed by atoms with van der Waals surface area (Å²) in [5.74, 6) is -0.878. The Bertz CT molecular complexity index is 854. The predicted molar refractivity (Wildman–Crippen MR) is 120 cm³/mol. The molecule has 3 rings (SSSR count). The summed E-state index contributed by atoms with van der Waals surface area (Å²) in [5, 5.41) is 5.44. The molecule has 0 aromatic heterocycles. The number of hydrogen-bond acceptors (Lipinski definition) is 6. The fourth-order valence-corrected chi connectivity index (χ4v) is 4.24. The molecule has 0 spiro atoms. The van der Waals surface area contributed by atoms with Gasteiger partial charge in [0.1, 0.15) is 18.9 Å². The second-order valence-electron chi connectivity index (χ2n) is 9.56. The van der Waals surface area contributed by atoms with Gasteiger partial charge in [0.2, 0.25) is 11.8 Å². The summed E-state index contributed by atoms with van der Waals surface area (Å²) in [6.07, 6.45) is 0.825. The molecule has 3 amide bonds. The maximum Gasteiger partial charge on any atom is 0.410 e. The number of carbonyl (C=O) groups is 4. The first-order valence-electron chi connectivity index (χ1n) is 11.3. The van der Waals surface area contributed by atoms with Crippen LogP contribution < -0.4 is 10.6 Å². The van der Waals surface area contributed by atoms with Gasteiger partial charge in [0, 0.05) is 18.9 Å². The van der Waals surface area contributed by atoms with Crippen molar-refractivity contribution in [2.45, 2.75) is 70.4 Å². The van der Waals surface area contributed by atoms with E-state index in [1.807, 2.05) is 51.1 Å². The van der Waals surface area contributed by atoms with E-state index >= 15 is 0 Å². The molecule has 0 bridgehead atoms. The molecule has 2 aliphatic rings.